The number of hydrogen-bond acceptors (Lipinski definition) is 5. The zero-order chi connectivity index (χ0) is 21.8. The van der Waals surface area contributed by atoms with E-state index in [1.165, 1.54) is 18.2 Å². The molecular weight excluding hydrogens is 397 g/mol. The van der Waals surface area contributed by atoms with Crippen LogP contribution in [0.1, 0.15) is 22.6 Å². The predicted octanol–water partition coefficient (Wildman–Crippen LogP) is 5.04. The van der Waals surface area contributed by atoms with Gasteiger partial charge in [0.1, 0.15) is 18.2 Å². The van der Waals surface area contributed by atoms with Crippen molar-refractivity contribution in [2.45, 2.75) is 20.5 Å². The van der Waals surface area contributed by atoms with Gasteiger partial charge in [0.2, 0.25) is 0 Å². The molecule has 2 aromatic carbocycles. The Hall–Kier alpha value is -4.00. The van der Waals surface area contributed by atoms with Gasteiger partial charge in [-0.25, -0.2) is 13.9 Å². The number of halogens is 1. The van der Waals surface area contributed by atoms with Gasteiger partial charge in [0.25, 0.3) is 0 Å². The summed E-state index contributed by atoms with van der Waals surface area (Å²) in [6, 6.07) is 15.7. The van der Waals surface area contributed by atoms with Gasteiger partial charge in [-0.15, -0.1) is 0 Å². The second-order valence-corrected chi connectivity index (χ2v) is 6.96. The van der Waals surface area contributed by atoms with Gasteiger partial charge in [0.15, 0.2) is 0 Å². The molecule has 0 radical (unpaired) electrons. The maximum atomic E-state index is 13.4. The molecular formula is C24H20FN3O3. The number of esters is 1. The van der Waals surface area contributed by atoms with Gasteiger partial charge in [0, 0.05) is 23.4 Å². The SMILES string of the molecule is Cc1noc(C)c1COC(=O)/C=C/c1cn(-c2ccccc2)nc1-c1ccc(F)cc1. The molecule has 0 aliphatic heterocycles. The molecule has 2 heterocycles. The largest absolute Gasteiger partial charge is 0.457 e. The number of benzene rings is 2. The van der Waals surface area contributed by atoms with Crippen LogP contribution in [0.4, 0.5) is 4.39 Å². The average molecular weight is 417 g/mol. The van der Waals surface area contributed by atoms with E-state index in [9.17, 15) is 9.18 Å². The summed E-state index contributed by atoms with van der Waals surface area (Å²) in [6.45, 7) is 3.65. The van der Waals surface area contributed by atoms with Crippen LogP contribution in [0.25, 0.3) is 23.0 Å². The monoisotopic (exact) mass is 417 g/mol. The maximum absolute atomic E-state index is 13.4. The number of carbonyl (C=O) groups excluding carboxylic acids is 1. The van der Waals surface area contributed by atoms with Crippen LogP contribution >= 0.6 is 0 Å². The summed E-state index contributed by atoms with van der Waals surface area (Å²) in [4.78, 5) is 12.3. The number of ether oxygens (including phenoxy) is 1. The third-order valence-corrected chi connectivity index (χ3v) is 4.82. The second-order valence-electron chi connectivity index (χ2n) is 6.96. The molecule has 0 fully saturated rings. The van der Waals surface area contributed by atoms with Gasteiger partial charge in [-0.05, 0) is 56.3 Å². The van der Waals surface area contributed by atoms with Crippen LogP contribution in [0.2, 0.25) is 0 Å². The highest BCUT2D eigenvalue weighted by Crippen LogP contribution is 2.25. The lowest BCUT2D eigenvalue weighted by Crippen LogP contribution is -2.02. The number of para-hydroxylation sites is 1. The van der Waals surface area contributed by atoms with E-state index in [-0.39, 0.29) is 12.4 Å². The summed E-state index contributed by atoms with van der Waals surface area (Å²) in [5, 5.41) is 8.49. The van der Waals surface area contributed by atoms with Gasteiger partial charge < -0.3 is 9.26 Å². The minimum absolute atomic E-state index is 0.0818. The first-order valence-corrected chi connectivity index (χ1v) is 9.69. The van der Waals surface area contributed by atoms with Crippen molar-refractivity contribution < 1.29 is 18.4 Å². The molecule has 2 aromatic heterocycles. The highest BCUT2D eigenvalue weighted by atomic mass is 19.1. The van der Waals surface area contributed by atoms with E-state index in [1.807, 2.05) is 36.5 Å². The normalized spacial score (nSPS) is 11.2. The first kappa shape index (κ1) is 20.3. The summed E-state index contributed by atoms with van der Waals surface area (Å²) in [5.41, 5.74) is 4.37. The number of aryl methyl sites for hydroxylation is 2. The second kappa shape index (κ2) is 8.79. The van der Waals surface area contributed by atoms with Gasteiger partial charge in [-0.3, -0.25) is 0 Å². The van der Waals surface area contributed by atoms with E-state index >= 15 is 0 Å². The van der Waals surface area contributed by atoms with E-state index in [0.29, 0.717) is 22.7 Å². The molecule has 4 aromatic rings. The minimum Gasteiger partial charge on any atom is -0.457 e. The standard InChI is InChI=1S/C24H20FN3O3/c1-16-22(17(2)31-27-16)15-30-23(29)13-10-19-14-28(21-6-4-3-5-7-21)26-24(19)18-8-11-20(25)12-9-18/h3-14H,15H2,1-2H3/b13-10+. The third-order valence-electron chi connectivity index (χ3n) is 4.82. The minimum atomic E-state index is -0.502. The molecule has 7 heteroatoms. The number of rotatable bonds is 6. The lowest BCUT2D eigenvalue weighted by Gasteiger charge is -2.01. The number of nitrogens with zero attached hydrogens (tertiary/aromatic N) is 3. The summed E-state index contributed by atoms with van der Waals surface area (Å²) < 4.78 is 25.5. The molecule has 0 atom stereocenters. The Bertz CT molecular complexity index is 1210. The number of carbonyl (C=O) groups is 1. The molecule has 0 saturated heterocycles. The molecule has 0 aliphatic rings. The lowest BCUT2D eigenvalue weighted by molar-refractivity contribution is -0.138. The van der Waals surface area contributed by atoms with E-state index in [4.69, 9.17) is 9.26 Å². The number of aromatic nitrogens is 3. The van der Waals surface area contributed by atoms with Crippen LogP contribution in [-0.2, 0) is 16.1 Å². The van der Waals surface area contributed by atoms with Crippen molar-refractivity contribution in [1.82, 2.24) is 14.9 Å². The zero-order valence-electron chi connectivity index (χ0n) is 17.1. The molecule has 0 bridgehead atoms. The van der Waals surface area contributed by atoms with Gasteiger partial charge in [0.05, 0.1) is 22.6 Å². The average Bonchev–Trinajstić information content (AvgIpc) is 3.35. The lowest BCUT2D eigenvalue weighted by atomic mass is 10.1. The first-order chi connectivity index (χ1) is 15.0. The highest BCUT2D eigenvalue weighted by Gasteiger charge is 2.13. The summed E-state index contributed by atoms with van der Waals surface area (Å²) in [5.74, 6) is -0.208. The molecule has 4 rings (SSSR count). The van der Waals surface area contributed by atoms with Gasteiger partial charge >= 0.3 is 5.97 Å². The number of hydrogen-bond donors (Lipinski definition) is 0. The quantitative estimate of drug-likeness (QED) is 0.325. The maximum Gasteiger partial charge on any atom is 0.331 e. The first-order valence-electron chi connectivity index (χ1n) is 9.69. The predicted molar refractivity (Wildman–Crippen MR) is 114 cm³/mol. The molecule has 0 amide bonds. The van der Waals surface area contributed by atoms with Crippen LogP contribution < -0.4 is 0 Å². The smallest absolute Gasteiger partial charge is 0.331 e. The van der Waals surface area contributed by atoms with E-state index in [2.05, 4.69) is 10.3 Å². The fourth-order valence-corrected chi connectivity index (χ4v) is 3.11. The Kier molecular flexibility index (Phi) is 5.75. The molecule has 0 saturated carbocycles. The van der Waals surface area contributed by atoms with Crippen LogP contribution in [0.15, 0.2) is 71.4 Å². The fraction of sp³-hybridized carbons (Fsp3) is 0.125. The molecule has 0 spiro atoms. The Morgan fingerprint density at radius 2 is 1.87 bits per heavy atom. The third kappa shape index (κ3) is 4.61. The Labute approximate surface area is 178 Å². The summed E-state index contributed by atoms with van der Waals surface area (Å²) in [6.07, 6.45) is 4.80. The van der Waals surface area contributed by atoms with E-state index in [1.54, 1.807) is 36.7 Å². The molecule has 31 heavy (non-hydrogen) atoms. The van der Waals surface area contributed by atoms with Crippen molar-refractivity contribution in [3.05, 3.63) is 95.3 Å². The Balaban J connectivity index is 1.59. The van der Waals surface area contributed by atoms with E-state index in [0.717, 1.165) is 16.8 Å². The van der Waals surface area contributed by atoms with Gasteiger partial charge in [-0.1, -0.05) is 23.4 Å². The van der Waals surface area contributed by atoms with Crippen molar-refractivity contribution >= 4 is 12.0 Å². The molecule has 6 nitrogen and oxygen atoms in total. The van der Waals surface area contributed by atoms with Crippen molar-refractivity contribution in [3.8, 4) is 16.9 Å². The van der Waals surface area contributed by atoms with Crippen LogP contribution in [0, 0.1) is 19.7 Å². The van der Waals surface area contributed by atoms with E-state index < -0.39 is 5.97 Å². The molecule has 156 valence electrons. The van der Waals surface area contributed by atoms with Gasteiger partial charge in [-0.2, -0.15) is 5.10 Å². The van der Waals surface area contributed by atoms with Crippen molar-refractivity contribution in [2.75, 3.05) is 0 Å². The Morgan fingerprint density at radius 1 is 1.13 bits per heavy atom. The molecule has 0 aliphatic carbocycles. The summed E-state index contributed by atoms with van der Waals surface area (Å²) >= 11 is 0. The van der Waals surface area contributed by atoms with Crippen LogP contribution in [-0.4, -0.2) is 20.9 Å². The zero-order valence-corrected chi connectivity index (χ0v) is 17.1. The summed E-state index contributed by atoms with van der Waals surface area (Å²) in [7, 11) is 0. The van der Waals surface area contributed by atoms with Crippen molar-refractivity contribution in [1.29, 1.82) is 0 Å². The highest BCUT2D eigenvalue weighted by molar-refractivity contribution is 5.88. The van der Waals surface area contributed by atoms with Crippen molar-refractivity contribution in [2.24, 2.45) is 0 Å². The molecule has 0 unspecified atom stereocenters. The fourth-order valence-electron chi connectivity index (χ4n) is 3.11. The van der Waals surface area contributed by atoms with Crippen LogP contribution in [0.5, 0.6) is 0 Å². The van der Waals surface area contributed by atoms with Crippen LogP contribution in [0.3, 0.4) is 0 Å². The molecule has 0 N–H and O–H groups in total. The topological polar surface area (TPSA) is 70.2 Å². The van der Waals surface area contributed by atoms with Crippen molar-refractivity contribution in [3.63, 3.8) is 0 Å². The Morgan fingerprint density at radius 3 is 2.55 bits per heavy atom.